The molecule has 0 spiro atoms. The smallest absolute Gasteiger partial charge is 0.250 e. The number of nitrogens with one attached hydrogen (secondary N) is 1. The van der Waals surface area contributed by atoms with Gasteiger partial charge in [-0.15, -0.1) is 11.3 Å². The van der Waals surface area contributed by atoms with Crippen LogP contribution in [0.3, 0.4) is 0 Å². The van der Waals surface area contributed by atoms with Crippen molar-refractivity contribution in [3.63, 3.8) is 0 Å². The van der Waals surface area contributed by atoms with Crippen molar-refractivity contribution >= 4 is 38.6 Å². The summed E-state index contributed by atoms with van der Waals surface area (Å²) >= 11 is 5.83. The third-order valence-corrected chi connectivity index (χ3v) is 5.54. The van der Waals surface area contributed by atoms with Crippen molar-refractivity contribution in [3.05, 3.63) is 41.3 Å². The second-order valence-corrected chi connectivity index (χ2v) is 7.03. The fourth-order valence-electron chi connectivity index (χ4n) is 1.26. The van der Waals surface area contributed by atoms with Gasteiger partial charge in [0, 0.05) is 6.20 Å². The van der Waals surface area contributed by atoms with E-state index in [1.54, 1.807) is 18.3 Å². The van der Waals surface area contributed by atoms with E-state index < -0.39 is 10.0 Å². The van der Waals surface area contributed by atoms with E-state index in [9.17, 15) is 8.42 Å². The number of hydrogen-bond acceptors (Lipinski definition) is 6. The van der Waals surface area contributed by atoms with E-state index in [1.807, 2.05) is 0 Å². The molecule has 2 heterocycles. The second kappa shape index (κ2) is 5.70. The number of hydrogen-bond donors (Lipinski definition) is 2. The van der Waals surface area contributed by atoms with Gasteiger partial charge in [-0.2, -0.15) is 0 Å². The Labute approximate surface area is 119 Å². The Kier molecular flexibility index (Phi) is 4.20. The molecule has 0 saturated carbocycles. The SMILES string of the molecule is NC(=S)c1ccc(S(=O)(=O)NCc2ccncn2)s1. The number of nitrogens with zero attached hydrogens (tertiary/aromatic N) is 2. The van der Waals surface area contributed by atoms with Crippen LogP contribution < -0.4 is 10.5 Å². The zero-order valence-corrected chi connectivity index (χ0v) is 12.1. The quantitative estimate of drug-likeness (QED) is 0.786. The van der Waals surface area contributed by atoms with Crippen LogP contribution in [0.1, 0.15) is 10.6 Å². The number of aromatic nitrogens is 2. The van der Waals surface area contributed by atoms with Crippen LogP contribution in [0.4, 0.5) is 0 Å². The molecule has 2 aromatic heterocycles. The first-order valence-corrected chi connectivity index (χ1v) is 7.84. The highest BCUT2D eigenvalue weighted by Crippen LogP contribution is 2.21. The van der Waals surface area contributed by atoms with Crippen LogP contribution in [-0.4, -0.2) is 23.4 Å². The van der Waals surface area contributed by atoms with E-state index in [0.29, 0.717) is 10.6 Å². The van der Waals surface area contributed by atoms with Crippen LogP contribution in [0, 0.1) is 0 Å². The average molecular weight is 314 g/mol. The largest absolute Gasteiger partial charge is 0.389 e. The Hall–Kier alpha value is -1.42. The average Bonchev–Trinajstić information content (AvgIpc) is 2.88. The van der Waals surface area contributed by atoms with Crippen molar-refractivity contribution in [1.29, 1.82) is 0 Å². The topological polar surface area (TPSA) is 98.0 Å². The van der Waals surface area contributed by atoms with Crippen LogP contribution >= 0.6 is 23.6 Å². The number of thiophene rings is 1. The first-order valence-electron chi connectivity index (χ1n) is 5.13. The molecule has 0 aliphatic rings. The minimum absolute atomic E-state index is 0.102. The molecule has 9 heteroatoms. The summed E-state index contributed by atoms with van der Waals surface area (Å²) in [5.41, 5.74) is 6.03. The number of rotatable bonds is 5. The Morgan fingerprint density at radius 2 is 2.21 bits per heavy atom. The molecule has 3 N–H and O–H groups in total. The molecule has 0 bridgehead atoms. The van der Waals surface area contributed by atoms with Crippen molar-refractivity contribution in [2.24, 2.45) is 5.73 Å². The zero-order valence-electron chi connectivity index (χ0n) is 9.61. The van der Waals surface area contributed by atoms with E-state index in [1.165, 1.54) is 12.4 Å². The molecule has 100 valence electrons. The summed E-state index contributed by atoms with van der Waals surface area (Å²) in [7, 11) is -3.58. The van der Waals surface area contributed by atoms with Crippen LogP contribution in [0.2, 0.25) is 0 Å². The highest BCUT2D eigenvalue weighted by molar-refractivity contribution is 7.91. The van der Waals surface area contributed by atoms with E-state index in [-0.39, 0.29) is 15.7 Å². The van der Waals surface area contributed by atoms with Crippen LogP contribution in [0.15, 0.2) is 34.9 Å². The van der Waals surface area contributed by atoms with Crippen LogP contribution in [0.5, 0.6) is 0 Å². The molecule has 0 saturated heterocycles. The summed E-state index contributed by atoms with van der Waals surface area (Å²) in [4.78, 5) is 8.44. The molecule has 2 aromatic rings. The Morgan fingerprint density at radius 1 is 1.42 bits per heavy atom. The number of sulfonamides is 1. The summed E-state index contributed by atoms with van der Waals surface area (Å²) in [6, 6.07) is 4.70. The molecule has 0 aromatic carbocycles. The first kappa shape index (κ1) is 14.0. The molecular formula is C10H10N4O2S3. The van der Waals surface area contributed by atoms with Gasteiger partial charge in [0.15, 0.2) is 0 Å². The van der Waals surface area contributed by atoms with Gasteiger partial charge in [0.1, 0.15) is 15.5 Å². The molecule has 0 radical (unpaired) electrons. The van der Waals surface area contributed by atoms with Gasteiger partial charge in [-0.05, 0) is 18.2 Å². The molecule has 0 amide bonds. The lowest BCUT2D eigenvalue weighted by Gasteiger charge is -2.03. The summed E-state index contributed by atoms with van der Waals surface area (Å²) in [5, 5.41) is 0. The zero-order chi connectivity index (χ0) is 13.9. The van der Waals surface area contributed by atoms with Gasteiger partial charge in [0.05, 0.1) is 17.1 Å². The fourth-order valence-corrected chi connectivity index (χ4v) is 3.65. The lowest BCUT2D eigenvalue weighted by Crippen LogP contribution is -2.22. The first-order chi connectivity index (χ1) is 8.99. The second-order valence-electron chi connectivity index (χ2n) is 3.51. The summed E-state index contributed by atoms with van der Waals surface area (Å²) in [5.74, 6) is 0. The summed E-state index contributed by atoms with van der Waals surface area (Å²) < 4.78 is 26.6. The standard InChI is InChI=1S/C10H10N4O2S3/c11-10(17)8-1-2-9(18-8)19(15,16)14-5-7-3-4-12-6-13-7/h1-4,6,14H,5H2,(H2,11,17). The Balaban J connectivity index is 2.12. The minimum Gasteiger partial charge on any atom is -0.389 e. The maximum atomic E-state index is 12.0. The van der Waals surface area contributed by atoms with Crippen molar-refractivity contribution in [3.8, 4) is 0 Å². The van der Waals surface area contributed by atoms with Gasteiger partial charge >= 0.3 is 0 Å². The molecule has 0 unspecified atom stereocenters. The molecule has 0 atom stereocenters. The lowest BCUT2D eigenvalue weighted by atomic mass is 10.4. The van der Waals surface area contributed by atoms with Crippen molar-refractivity contribution < 1.29 is 8.42 Å². The Bertz CT molecular complexity index is 682. The van der Waals surface area contributed by atoms with E-state index in [4.69, 9.17) is 18.0 Å². The van der Waals surface area contributed by atoms with Gasteiger partial charge in [-0.25, -0.2) is 23.1 Å². The van der Waals surface area contributed by atoms with Gasteiger partial charge in [-0.1, -0.05) is 12.2 Å². The monoisotopic (exact) mass is 314 g/mol. The van der Waals surface area contributed by atoms with Gasteiger partial charge in [-0.3, -0.25) is 0 Å². The third kappa shape index (κ3) is 3.53. The predicted octanol–water partition coefficient (Wildman–Crippen LogP) is 0.651. The van der Waals surface area contributed by atoms with Gasteiger partial charge in [0.25, 0.3) is 0 Å². The molecular weight excluding hydrogens is 304 g/mol. The summed E-state index contributed by atoms with van der Waals surface area (Å²) in [6.45, 7) is 0.102. The maximum Gasteiger partial charge on any atom is 0.250 e. The maximum absolute atomic E-state index is 12.0. The van der Waals surface area contributed by atoms with Crippen molar-refractivity contribution in [2.45, 2.75) is 10.8 Å². The highest BCUT2D eigenvalue weighted by Gasteiger charge is 2.17. The molecule has 0 aliphatic carbocycles. The molecule has 6 nitrogen and oxygen atoms in total. The number of thiocarbonyl (C=S) groups is 1. The van der Waals surface area contributed by atoms with E-state index in [2.05, 4.69) is 14.7 Å². The van der Waals surface area contributed by atoms with Crippen molar-refractivity contribution in [1.82, 2.24) is 14.7 Å². The fraction of sp³-hybridized carbons (Fsp3) is 0.100. The van der Waals surface area contributed by atoms with E-state index >= 15 is 0 Å². The van der Waals surface area contributed by atoms with Crippen molar-refractivity contribution in [2.75, 3.05) is 0 Å². The van der Waals surface area contributed by atoms with Crippen LogP contribution in [-0.2, 0) is 16.6 Å². The predicted molar refractivity (Wildman–Crippen MR) is 76.3 cm³/mol. The molecule has 2 rings (SSSR count). The highest BCUT2D eigenvalue weighted by atomic mass is 32.2. The number of nitrogens with two attached hydrogens (primary N) is 1. The minimum atomic E-state index is -3.58. The Morgan fingerprint density at radius 3 is 2.79 bits per heavy atom. The normalized spacial score (nSPS) is 11.4. The van der Waals surface area contributed by atoms with Gasteiger partial charge in [0.2, 0.25) is 10.0 Å². The third-order valence-electron chi connectivity index (χ3n) is 2.18. The molecule has 0 fully saturated rings. The molecule has 0 aliphatic heterocycles. The van der Waals surface area contributed by atoms with Crippen LogP contribution in [0.25, 0.3) is 0 Å². The lowest BCUT2D eigenvalue weighted by molar-refractivity contribution is 0.582. The molecule has 19 heavy (non-hydrogen) atoms. The van der Waals surface area contributed by atoms with E-state index in [0.717, 1.165) is 11.3 Å². The van der Waals surface area contributed by atoms with Gasteiger partial charge < -0.3 is 5.73 Å². The summed E-state index contributed by atoms with van der Waals surface area (Å²) in [6.07, 6.45) is 2.91.